The third kappa shape index (κ3) is 2.41. The number of hydrogen-bond donors (Lipinski definition) is 1. The highest BCUT2D eigenvalue weighted by Crippen LogP contribution is 2.29. The van der Waals surface area contributed by atoms with Crippen molar-refractivity contribution >= 4 is 11.4 Å². The lowest BCUT2D eigenvalue weighted by Crippen LogP contribution is -2.43. The quantitative estimate of drug-likeness (QED) is 0.719. The van der Waals surface area contributed by atoms with Crippen molar-refractivity contribution in [3.05, 3.63) is 24.3 Å². The summed E-state index contributed by atoms with van der Waals surface area (Å²) >= 11 is 0. The van der Waals surface area contributed by atoms with Gasteiger partial charge in [0.2, 0.25) is 0 Å². The van der Waals surface area contributed by atoms with E-state index in [1.54, 1.807) is 6.92 Å². The fourth-order valence-electron chi connectivity index (χ4n) is 2.14. The van der Waals surface area contributed by atoms with E-state index in [9.17, 15) is 4.39 Å². The standard InChI is InChI=1S/C12H17FN2/c1-12(13)6-3-7-15(9-12)11-5-2-4-10(14)8-11/h2,4-5,8H,3,6-7,9,14H2,1H3. The summed E-state index contributed by atoms with van der Waals surface area (Å²) < 4.78 is 13.8. The van der Waals surface area contributed by atoms with E-state index in [2.05, 4.69) is 4.90 Å². The Morgan fingerprint density at radius 2 is 2.27 bits per heavy atom. The van der Waals surface area contributed by atoms with Crippen LogP contribution in [0.4, 0.5) is 15.8 Å². The van der Waals surface area contributed by atoms with Crippen molar-refractivity contribution in [3.63, 3.8) is 0 Å². The summed E-state index contributed by atoms with van der Waals surface area (Å²) in [6.45, 7) is 3.06. The number of alkyl halides is 1. The van der Waals surface area contributed by atoms with Gasteiger partial charge in [-0.05, 0) is 38.0 Å². The van der Waals surface area contributed by atoms with Gasteiger partial charge in [0.05, 0.1) is 6.54 Å². The zero-order valence-corrected chi connectivity index (χ0v) is 9.04. The van der Waals surface area contributed by atoms with Crippen molar-refractivity contribution in [1.29, 1.82) is 0 Å². The predicted octanol–water partition coefficient (Wildman–Crippen LogP) is 2.60. The average Bonchev–Trinajstić information content (AvgIpc) is 2.16. The first kappa shape index (κ1) is 10.3. The summed E-state index contributed by atoms with van der Waals surface area (Å²) in [6.07, 6.45) is 1.56. The second kappa shape index (κ2) is 3.72. The van der Waals surface area contributed by atoms with Gasteiger partial charge in [0.25, 0.3) is 0 Å². The fraction of sp³-hybridized carbons (Fsp3) is 0.500. The van der Waals surface area contributed by atoms with Crippen LogP contribution in [0.1, 0.15) is 19.8 Å². The van der Waals surface area contributed by atoms with Crippen LogP contribution in [0, 0.1) is 0 Å². The molecule has 2 N–H and O–H groups in total. The molecule has 0 amide bonds. The molecular formula is C12H17FN2. The van der Waals surface area contributed by atoms with E-state index in [1.165, 1.54) is 0 Å². The van der Waals surface area contributed by atoms with Crippen LogP contribution < -0.4 is 10.6 Å². The van der Waals surface area contributed by atoms with Gasteiger partial charge in [0.15, 0.2) is 0 Å². The smallest absolute Gasteiger partial charge is 0.125 e. The van der Waals surface area contributed by atoms with Crippen molar-refractivity contribution in [2.24, 2.45) is 0 Å². The van der Waals surface area contributed by atoms with E-state index in [0.717, 1.165) is 24.3 Å². The van der Waals surface area contributed by atoms with Gasteiger partial charge in [-0.1, -0.05) is 6.07 Å². The van der Waals surface area contributed by atoms with Crippen LogP contribution in [0.3, 0.4) is 0 Å². The van der Waals surface area contributed by atoms with E-state index < -0.39 is 5.67 Å². The number of rotatable bonds is 1. The van der Waals surface area contributed by atoms with Crippen molar-refractivity contribution in [3.8, 4) is 0 Å². The summed E-state index contributed by atoms with van der Waals surface area (Å²) in [6, 6.07) is 7.65. The van der Waals surface area contributed by atoms with Gasteiger partial charge in [0.1, 0.15) is 5.67 Å². The third-order valence-corrected chi connectivity index (χ3v) is 2.88. The second-order valence-corrected chi connectivity index (χ2v) is 4.53. The van der Waals surface area contributed by atoms with Gasteiger partial charge < -0.3 is 10.6 Å². The largest absolute Gasteiger partial charge is 0.399 e. The number of benzene rings is 1. The van der Waals surface area contributed by atoms with Gasteiger partial charge in [0, 0.05) is 17.9 Å². The molecule has 1 unspecified atom stereocenters. The van der Waals surface area contributed by atoms with Crippen molar-refractivity contribution in [1.82, 2.24) is 0 Å². The predicted molar refractivity (Wildman–Crippen MR) is 61.8 cm³/mol. The first-order valence-corrected chi connectivity index (χ1v) is 5.36. The first-order chi connectivity index (χ1) is 7.07. The Hall–Kier alpha value is -1.25. The van der Waals surface area contributed by atoms with Crippen LogP contribution in [0.2, 0.25) is 0 Å². The SMILES string of the molecule is CC1(F)CCCN(c2cccc(N)c2)C1. The molecule has 1 fully saturated rings. The summed E-state index contributed by atoms with van der Waals surface area (Å²) in [7, 11) is 0. The molecule has 0 radical (unpaired) electrons. The normalized spacial score (nSPS) is 26.7. The maximum Gasteiger partial charge on any atom is 0.125 e. The molecule has 3 heteroatoms. The lowest BCUT2D eigenvalue weighted by molar-refractivity contribution is 0.160. The molecule has 2 rings (SSSR count). The number of halogens is 1. The summed E-state index contributed by atoms with van der Waals surface area (Å²) in [5, 5.41) is 0. The molecule has 1 aliphatic heterocycles. The highest BCUT2D eigenvalue weighted by Gasteiger charge is 2.30. The number of piperidine rings is 1. The zero-order chi connectivity index (χ0) is 10.9. The third-order valence-electron chi connectivity index (χ3n) is 2.88. The number of nitrogen functional groups attached to an aromatic ring is 1. The Bertz CT molecular complexity index is 349. The van der Waals surface area contributed by atoms with E-state index in [1.807, 2.05) is 24.3 Å². The molecule has 1 aromatic carbocycles. The molecule has 2 nitrogen and oxygen atoms in total. The molecule has 0 bridgehead atoms. The molecule has 0 aliphatic carbocycles. The Kier molecular flexibility index (Phi) is 2.55. The van der Waals surface area contributed by atoms with E-state index in [0.29, 0.717) is 13.0 Å². The fourth-order valence-corrected chi connectivity index (χ4v) is 2.14. The van der Waals surface area contributed by atoms with Crippen molar-refractivity contribution < 1.29 is 4.39 Å². The lowest BCUT2D eigenvalue weighted by atomic mass is 9.96. The molecular weight excluding hydrogens is 191 g/mol. The molecule has 1 atom stereocenters. The number of hydrogen-bond acceptors (Lipinski definition) is 2. The molecule has 1 aliphatic rings. The van der Waals surface area contributed by atoms with Gasteiger partial charge in [-0.15, -0.1) is 0 Å². The van der Waals surface area contributed by atoms with Crippen LogP contribution >= 0.6 is 0 Å². The summed E-state index contributed by atoms with van der Waals surface area (Å²) in [4.78, 5) is 2.07. The van der Waals surface area contributed by atoms with Gasteiger partial charge >= 0.3 is 0 Å². The van der Waals surface area contributed by atoms with Crippen LogP contribution in [0.15, 0.2) is 24.3 Å². The second-order valence-electron chi connectivity index (χ2n) is 4.53. The number of nitrogens with two attached hydrogens (primary N) is 1. The highest BCUT2D eigenvalue weighted by molar-refractivity contribution is 5.56. The minimum absolute atomic E-state index is 0.469. The maximum atomic E-state index is 13.8. The zero-order valence-electron chi connectivity index (χ0n) is 9.04. The number of nitrogens with zero attached hydrogens (tertiary/aromatic N) is 1. The Balaban J connectivity index is 2.17. The lowest BCUT2D eigenvalue weighted by Gasteiger charge is -2.36. The topological polar surface area (TPSA) is 29.3 Å². The van der Waals surface area contributed by atoms with E-state index >= 15 is 0 Å². The van der Waals surface area contributed by atoms with Crippen LogP contribution in [-0.4, -0.2) is 18.8 Å². The molecule has 1 heterocycles. The number of anilines is 2. The van der Waals surface area contributed by atoms with Crippen LogP contribution in [0.25, 0.3) is 0 Å². The van der Waals surface area contributed by atoms with E-state index in [-0.39, 0.29) is 0 Å². The Morgan fingerprint density at radius 1 is 1.47 bits per heavy atom. The summed E-state index contributed by atoms with van der Waals surface area (Å²) in [5.74, 6) is 0. The van der Waals surface area contributed by atoms with Gasteiger partial charge in [-0.25, -0.2) is 4.39 Å². The molecule has 15 heavy (non-hydrogen) atoms. The molecule has 1 saturated heterocycles. The average molecular weight is 208 g/mol. The van der Waals surface area contributed by atoms with E-state index in [4.69, 9.17) is 5.73 Å². The molecule has 82 valence electrons. The van der Waals surface area contributed by atoms with Gasteiger partial charge in [-0.2, -0.15) is 0 Å². The molecule has 0 spiro atoms. The molecule has 0 aromatic heterocycles. The van der Waals surface area contributed by atoms with Crippen molar-refractivity contribution in [2.45, 2.75) is 25.4 Å². The van der Waals surface area contributed by atoms with Gasteiger partial charge in [-0.3, -0.25) is 0 Å². The maximum absolute atomic E-state index is 13.8. The Labute approximate surface area is 89.9 Å². The van der Waals surface area contributed by atoms with Crippen molar-refractivity contribution in [2.75, 3.05) is 23.7 Å². The minimum Gasteiger partial charge on any atom is -0.399 e. The van der Waals surface area contributed by atoms with Crippen LogP contribution in [-0.2, 0) is 0 Å². The summed E-state index contributed by atoms with van der Waals surface area (Å²) in [5.41, 5.74) is 6.41. The minimum atomic E-state index is -1.07. The first-order valence-electron chi connectivity index (χ1n) is 5.36. The molecule has 1 aromatic rings. The highest BCUT2D eigenvalue weighted by atomic mass is 19.1. The Morgan fingerprint density at radius 3 is 2.93 bits per heavy atom. The molecule has 0 saturated carbocycles. The van der Waals surface area contributed by atoms with Crippen LogP contribution in [0.5, 0.6) is 0 Å². The monoisotopic (exact) mass is 208 g/mol.